The first-order valence-electron chi connectivity index (χ1n) is 4.16. The molecule has 1 unspecified atom stereocenters. The monoisotopic (exact) mass is 294 g/mol. The van der Waals surface area contributed by atoms with Gasteiger partial charge in [-0.15, -0.1) is 6.42 Å². The van der Waals surface area contributed by atoms with Crippen molar-refractivity contribution in [2.75, 3.05) is 0 Å². The molecule has 1 aromatic carbocycles. The van der Waals surface area contributed by atoms with Gasteiger partial charge in [0.2, 0.25) is 11.4 Å². The van der Waals surface area contributed by atoms with E-state index in [2.05, 4.69) is 25.9 Å². The van der Waals surface area contributed by atoms with E-state index in [1.807, 2.05) is 0 Å². The maximum atomic E-state index is 11.2. The van der Waals surface area contributed by atoms with Crippen LogP contribution in [0.15, 0.2) is 24.3 Å². The van der Waals surface area contributed by atoms with Gasteiger partial charge in [-0.2, -0.15) is 0 Å². The van der Waals surface area contributed by atoms with E-state index in [1.165, 1.54) is 0 Å². The molecule has 2 rings (SSSR count). The van der Waals surface area contributed by atoms with Crippen molar-refractivity contribution in [2.24, 2.45) is 0 Å². The standard InChI is InChI=1S/C10H6O2.3CO.Cr/c1-2-10(12)8-6-4-3-5-7(8)9(10)11;3*1-2;/h1,3-6,12H;;;;/q;;;;+6. The molecule has 0 amide bonds. The minimum absolute atomic E-state index is 0. The maximum Gasteiger partial charge on any atom is 6.00 e. The van der Waals surface area contributed by atoms with Crippen LogP contribution in [0.2, 0.25) is 0 Å². The van der Waals surface area contributed by atoms with Gasteiger partial charge in [0, 0.05) is 11.1 Å². The van der Waals surface area contributed by atoms with Gasteiger partial charge in [-0.05, 0) is 0 Å². The molecule has 1 aliphatic carbocycles. The summed E-state index contributed by atoms with van der Waals surface area (Å²) in [7, 11) is 0. The van der Waals surface area contributed by atoms with Crippen molar-refractivity contribution in [1.82, 2.24) is 0 Å². The average molecular weight is 294 g/mol. The summed E-state index contributed by atoms with van der Waals surface area (Å²) in [4.78, 5) is 11.2. The Hall–Kier alpha value is -1.84. The van der Waals surface area contributed by atoms with Crippen LogP contribution in [0.25, 0.3) is 0 Å². The number of hydrogen-bond donors (Lipinski definition) is 1. The van der Waals surface area contributed by atoms with Crippen molar-refractivity contribution in [3.63, 3.8) is 0 Å². The predicted molar refractivity (Wildman–Crippen MR) is 55.3 cm³/mol. The van der Waals surface area contributed by atoms with Crippen LogP contribution in [0.5, 0.6) is 0 Å². The van der Waals surface area contributed by atoms with E-state index in [-0.39, 0.29) is 23.1 Å². The van der Waals surface area contributed by atoms with E-state index in [0.29, 0.717) is 11.1 Å². The predicted octanol–water partition coefficient (Wildman–Crippen LogP) is 0.589. The summed E-state index contributed by atoms with van der Waals surface area (Å²) in [6, 6.07) is 6.81. The first-order valence-corrected chi connectivity index (χ1v) is 4.16. The third-order valence-electron chi connectivity index (χ3n) is 2.10. The van der Waals surface area contributed by atoms with E-state index < -0.39 is 5.60 Å². The fourth-order valence-corrected chi connectivity index (χ4v) is 1.39. The zero-order chi connectivity index (χ0) is 14.8. The van der Waals surface area contributed by atoms with E-state index in [4.69, 9.17) is 20.4 Å². The number of benzene rings is 1. The van der Waals surface area contributed by atoms with Gasteiger partial charge in [0.15, 0.2) is 0 Å². The van der Waals surface area contributed by atoms with Crippen LogP contribution in [0.4, 0.5) is 0 Å². The molecule has 0 bridgehead atoms. The van der Waals surface area contributed by atoms with Crippen molar-refractivity contribution < 1.29 is 41.2 Å². The number of Topliss-reactive ketones (excluding diaryl/α,β-unsaturated/α-hetero) is 1. The molecule has 0 saturated heterocycles. The van der Waals surface area contributed by atoms with Gasteiger partial charge >= 0.3 is 51.3 Å². The quantitative estimate of drug-likeness (QED) is 0.430. The zero-order valence-electron chi connectivity index (χ0n) is 9.38. The number of carbonyl (C=O) groups is 1. The molecule has 0 saturated carbocycles. The number of rotatable bonds is 0. The van der Waals surface area contributed by atoms with Gasteiger partial charge in [-0.1, -0.05) is 30.2 Å². The van der Waals surface area contributed by atoms with Crippen molar-refractivity contribution in [3.8, 4) is 12.3 Å². The molecule has 88 valence electrons. The van der Waals surface area contributed by atoms with Crippen LogP contribution in [-0.4, -0.2) is 10.9 Å². The van der Waals surface area contributed by atoms with E-state index >= 15 is 0 Å². The Morgan fingerprint density at radius 3 is 1.95 bits per heavy atom. The minimum Gasteiger partial charge on any atom is 6.00 e. The van der Waals surface area contributed by atoms with Crippen LogP contribution in [0.1, 0.15) is 15.9 Å². The summed E-state index contributed by atoms with van der Waals surface area (Å²) < 4.78 is 22.5. The molecule has 0 aliphatic heterocycles. The third-order valence-corrected chi connectivity index (χ3v) is 2.10. The molecule has 0 radical (unpaired) electrons. The molecular weight excluding hydrogens is 288 g/mol. The second-order valence-corrected chi connectivity index (χ2v) is 2.73. The topological polar surface area (TPSA) is 97.0 Å². The molecule has 1 N–H and O–H groups in total. The molecule has 0 fully saturated rings. The SMILES string of the molecule is C#CC1(O)C(=O)c2ccccc21.[C-]#[O+].[C-]#[O+].[C-]#[O+].[Cr+6]. The summed E-state index contributed by atoms with van der Waals surface area (Å²) in [5.74, 6) is 1.72. The van der Waals surface area contributed by atoms with Gasteiger partial charge in [-0.3, -0.25) is 4.79 Å². The summed E-state index contributed by atoms with van der Waals surface area (Å²) in [5.41, 5.74) is -0.591. The first-order chi connectivity index (χ1) is 8.70. The fraction of sp³-hybridized carbons (Fsp3) is 0.0769. The molecule has 6 heteroatoms. The first kappa shape index (κ1) is 22.4. The molecule has 1 aromatic rings. The molecule has 1 aliphatic rings. The summed E-state index contributed by atoms with van der Waals surface area (Å²) in [5, 5.41) is 9.55. The van der Waals surface area contributed by atoms with Crippen LogP contribution >= 0.6 is 0 Å². The Bertz CT molecular complexity index is 510. The second-order valence-electron chi connectivity index (χ2n) is 2.73. The Balaban J connectivity index is -0.000000325. The molecule has 0 heterocycles. The van der Waals surface area contributed by atoms with Crippen LogP contribution in [-0.2, 0) is 36.9 Å². The Kier molecular flexibility index (Phi) is 13.3. The second kappa shape index (κ2) is 11.3. The molecule has 5 nitrogen and oxygen atoms in total. The van der Waals surface area contributed by atoms with Gasteiger partial charge in [0.1, 0.15) is 0 Å². The molecular formula is C13H6CrO5+6. The van der Waals surface area contributed by atoms with Crippen molar-refractivity contribution in [2.45, 2.75) is 5.60 Å². The molecule has 19 heavy (non-hydrogen) atoms. The third kappa shape index (κ3) is 4.09. The van der Waals surface area contributed by atoms with Crippen LogP contribution in [0, 0.1) is 32.3 Å². The van der Waals surface area contributed by atoms with Gasteiger partial charge in [-0.25, -0.2) is 0 Å². The Labute approximate surface area is 120 Å². The van der Waals surface area contributed by atoms with Crippen LogP contribution < -0.4 is 0 Å². The van der Waals surface area contributed by atoms with Gasteiger partial charge < -0.3 is 5.11 Å². The number of aliphatic hydroxyl groups is 1. The largest absolute Gasteiger partial charge is 6.00 e. The maximum absolute atomic E-state index is 11.2. The van der Waals surface area contributed by atoms with Gasteiger partial charge in [0.05, 0.1) is 0 Å². The van der Waals surface area contributed by atoms with Crippen molar-refractivity contribution in [1.29, 1.82) is 0 Å². The smallest absolute Gasteiger partial charge is 6.00 e. The molecule has 0 aromatic heterocycles. The fourth-order valence-electron chi connectivity index (χ4n) is 1.39. The Morgan fingerprint density at radius 1 is 1.11 bits per heavy atom. The molecule has 0 spiro atoms. The number of terminal acetylenes is 1. The van der Waals surface area contributed by atoms with Crippen LogP contribution in [0.3, 0.4) is 0 Å². The number of hydrogen-bond acceptors (Lipinski definition) is 2. The van der Waals surface area contributed by atoms with Crippen molar-refractivity contribution in [3.05, 3.63) is 55.3 Å². The zero-order valence-corrected chi connectivity index (χ0v) is 10.7. The van der Waals surface area contributed by atoms with E-state index in [0.717, 1.165) is 0 Å². The number of carbonyl (C=O) groups excluding carboxylic acids is 1. The number of ketones is 1. The van der Waals surface area contributed by atoms with E-state index in [1.54, 1.807) is 24.3 Å². The summed E-state index contributed by atoms with van der Waals surface area (Å²) >= 11 is 0. The molecule has 1 atom stereocenters. The van der Waals surface area contributed by atoms with Gasteiger partial charge in [0.25, 0.3) is 0 Å². The average Bonchev–Trinajstić information content (AvgIpc) is 2.52. The van der Waals surface area contributed by atoms with Crippen molar-refractivity contribution >= 4 is 5.78 Å². The summed E-state index contributed by atoms with van der Waals surface area (Å²) in [6.45, 7) is 13.5. The normalized spacial score (nSPS) is 16.4. The number of fused-ring (bicyclic) bond motifs is 1. The summed E-state index contributed by atoms with van der Waals surface area (Å²) in [6.07, 6.45) is 5.05. The minimum atomic E-state index is -1.66. The van der Waals surface area contributed by atoms with E-state index in [9.17, 15) is 9.90 Å². The Morgan fingerprint density at radius 2 is 1.53 bits per heavy atom.